The third-order valence-electron chi connectivity index (χ3n) is 9.03. The monoisotopic (exact) mass is 813 g/mol. The van der Waals surface area contributed by atoms with E-state index < -0.39 is 81.1 Å². The van der Waals surface area contributed by atoms with Crippen LogP contribution in [0.5, 0.6) is 0 Å². The summed E-state index contributed by atoms with van der Waals surface area (Å²) >= 11 is 1.83. The van der Waals surface area contributed by atoms with E-state index in [0.717, 1.165) is 9.87 Å². The van der Waals surface area contributed by atoms with Gasteiger partial charge in [-0.05, 0) is 64.3 Å². The number of amides is 2. The van der Waals surface area contributed by atoms with Gasteiger partial charge < -0.3 is 28.7 Å². The van der Waals surface area contributed by atoms with E-state index >= 15 is 0 Å². The molecular formula is C37H39N3O12S3. The molecule has 55 heavy (non-hydrogen) atoms. The normalized spacial score (nSPS) is 24.9. The summed E-state index contributed by atoms with van der Waals surface area (Å²) in [5.74, 6) is -3.04. The second-order valence-electron chi connectivity index (χ2n) is 13.0. The van der Waals surface area contributed by atoms with Crippen LogP contribution in [-0.2, 0) is 52.0 Å². The van der Waals surface area contributed by atoms with Crippen molar-refractivity contribution in [1.82, 2.24) is 14.6 Å². The van der Waals surface area contributed by atoms with Crippen molar-refractivity contribution in [2.75, 3.05) is 6.54 Å². The number of alkyl carbamates (subject to hydrolysis) is 1. The van der Waals surface area contributed by atoms with Gasteiger partial charge in [-0.25, -0.2) is 18.8 Å². The molecule has 2 aromatic heterocycles. The quantitative estimate of drug-likeness (QED) is 0.223. The Morgan fingerprint density at radius 1 is 1.15 bits per heavy atom. The summed E-state index contributed by atoms with van der Waals surface area (Å²) in [5, 5.41) is 15.7. The van der Waals surface area contributed by atoms with Gasteiger partial charge in [0.1, 0.15) is 45.3 Å². The molecule has 2 amide bonds. The number of carbonyl (C=O) groups excluding carboxylic acids is 5. The lowest BCUT2D eigenvalue weighted by Crippen LogP contribution is -2.58. The number of allylic oxidation sites excluding steroid dienone is 3. The van der Waals surface area contributed by atoms with Gasteiger partial charge in [0, 0.05) is 5.38 Å². The Morgan fingerprint density at radius 2 is 1.87 bits per heavy atom. The summed E-state index contributed by atoms with van der Waals surface area (Å²) in [6.45, 7) is 5.31. The van der Waals surface area contributed by atoms with E-state index in [1.807, 2.05) is 6.07 Å². The zero-order valence-corrected chi connectivity index (χ0v) is 32.8. The number of hydrogen-bond acceptors (Lipinski definition) is 15. The SMILES string of the molecule is C/C1=C/C(OC(=O)CNC(=O)OCc2ccccc2)C(=O)/C=C\C=C/c2csc(n2)C(C)N2C(=O)CC(C(C)(O)C(=O)SCc3oc(=O)oc3C)(CC1)S2=O. The highest BCUT2D eigenvalue weighted by molar-refractivity contribution is 8.13. The van der Waals surface area contributed by atoms with Crippen molar-refractivity contribution in [2.24, 2.45) is 0 Å². The molecule has 292 valence electrons. The number of rotatable bonds is 9. The molecule has 1 fully saturated rings. The predicted octanol–water partition coefficient (Wildman–Crippen LogP) is 4.62. The van der Waals surface area contributed by atoms with E-state index in [9.17, 15) is 38.1 Å². The van der Waals surface area contributed by atoms with Crippen molar-refractivity contribution in [3.8, 4) is 0 Å². The number of aliphatic hydroxyl groups is 1. The molecule has 4 heterocycles. The van der Waals surface area contributed by atoms with Gasteiger partial charge in [0.05, 0.1) is 23.9 Å². The Labute approximate surface area is 326 Å². The van der Waals surface area contributed by atoms with Gasteiger partial charge in [0.15, 0.2) is 17.6 Å². The lowest BCUT2D eigenvalue weighted by Gasteiger charge is -2.39. The molecule has 1 aromatic carbocycles. The smallest absolute Gasteiger partial charge is 0.448 e. The van der Waals surface area contributed by atoms with E-state index in [2.05, 4.69) is 10.3 Å². The molecule has 4 bridgehead atoms. The minimum absolute atomic E-state index is 0.00145. The number of ether oxygens (including phenoxy) is 2. The van der Waals surface area contributed by atoms with Crippen LogP contribution in [0.3, 0.4) is 0 Å². The highest BCUT2D eigenvalue weighted by Crippen LogP contribution is 2.48. The van der Waals surface area contributed by atoms with Crippen LogP contribution in [0.2, 0.25) is 0 Å². The molecule has 3 aromatic rings. The fraction of sp³-hybridized carbons (Fsp3) is 0.378. The third-order valence-corrected chi connectivity index (χ3v) is 13.4. The maximum absolute atomic E-state index is 14.6. The average Bonchev–Trinajstić information content (AvgIpc) is 3.83. The maximum atomic E-state index is 14.6. The number of esters is 1. The number of aryl methyl sites for hydroxylation is 1. The molecule has 2 aliphatic rings. The van der Waals surface area contributed by atoms with Crippen molar-refractivity contribution in [3.05, 3.63) is 104 Å². The lowest BCUT2D eigenvalue weighted by atomic mass is 9.81. The van der Waals surface area contributed by atoms with Crippen LogP contribution in [-0.4, -0.2) is 70.5 Å². The van der Waals surface area contributed by atoms with Crippen LogP contribution in [0.25, 0.3) is 6.08 Å². The van der Waals surface area contributed by atoms with Gasteiger partial charge in [0.2, 0.25) is 11.0 Å². The summed E-state index contributed by atoms with van der Waals surface area (Å²) < 4.78 is 34.3. The number of nitrogens with one attached hydrogen (secondary N) is 1. The fourth-order valence-electron chi connectivity index (χ4n) is 5.84. The third kappa shape index (κ3) is 9.67. The minimum atomic E-state index is -2.38. The predicted molar refractivity (Wildman–Crippen MR) is 202 cm³/mol. The molecule has 0 spiro atoms. The Hall–Kier alpha value is -4.91. The van der Waals surface area contributed by atoms with Gasteiger partial charge in [-0.3, -0.25) is 23.5 Å². The lowest BCUT2D eigenvalue weighted by molar-refractivity contribution is -0.150. The first-order chi connectivity index (χ1) is 26.1. The molecular weight excluding hydrogens is 775 g/mol. The van der Waals surface area contributed by atoms with E-state index in [-0.39, 0.29) is 36.7 Å². The van der Waals surface area contributed by atoms with Crippen molar-refractivity contribution in [1.29, 1.82) is 0 Å². The first-order valence-electron chi connectivity index (χ1n) is 17.0. The van der Waals surface area contributed by atoms with E-state index in [1.54, 1.807) is 55.6 Å². The number of hydrogen-bond donors (Lipinski definition) is 2. The van der Waals surface area contributed by atoms with Gasteiger partial charge in [-0.15, -0.1) is 11.3 Å². The Balaban J connectivity index is 1.41. The molecule has 2 aliphatic heterocycles. The van der Waals surface area contributed by atoms with Crippen LogP contribution in [0.1, 0.15) is 73.9 Å². The van der Waals surface area contributed by atoms with E-state index in [1.165, 1.54) is 43.4 Å². The molecule has 5 unspecified atom stereocenters. The van der Waals surface area contributed by atoms with Crippen LogP contribution >= 0.6 is 23.1 Å². The molecule has 18 heteroatoms. The fourth-order valence-corrected chi connectivity index (χ4v) is 9.77. The van der Waals surface area contributed by atoms with Crippen molar-refractivity contribution in [3.63, 3.8) is 0 Å². The van der Waals surface area contributed by atoms with Crippen LogP contribution in [0.4, 0.5) is 4.79 Å². The largest absolute Gasteiger partial charge is 0.519 e. The number of carbonyl (C=O) groups is 5. The maximum Gasteiger partial charge on any atom is 0.519 e. The van der Waals surface area contributed by atoms with E-state index in [4.69, 9.17) is 18.3 Å². The summed E-state index contributed by atoms with van der Waals surface area (Å²) in [4.78, 5) is 82.1. The number of fused-ring (bicyclic) bond motifs is 4. The molecule has 0 radical (unpaired) electrons. The first-order valence-corrected chi connectivity index (χ1v) is 20.0. The average molecular weight is 814 g/mol. The van der Waals surface area contributed by atoms with Gasteiger partial charge in [-0.2, -0.15) is 0 Å². The Morgan fingerprint density at radius 3 is 2.58 bits per heavy atom. The second-order valence-corrected chi connectivity index (χ2v) is 16.5. The molecule has 0 saturated carbocycles. The number of nitrogens with zero attached hydrogens (tertiary/aromatic N) is 2. The summed E-state index contributed by atoms with van der Waals surface area (Å²) in [5.41, 5.74) is -0.709. The van der Waals surface area contributed by atoms with Crippen molar-refractivity contribution >= 4 is 69.0 Å². The second kappa shape index (κ2) is 17.7. The van der Waals surface area contributed by atoms with Gasteiger partial charge in [-0.1, -0.05) is 59.8 Å². The summed E-state index contributed by atoms with van der Waals surface area (Å²) in [6, 6.07) is 8.12. The molecule has 5 rings (SSSR count). The van der Waals surface area contributed by atoms with Crippen LogP contribution in [0, 0.1) is 6.92 Å². The van der Waals surface area contributed by atoms with Crippen molar-refractivity contribution < 1.29 is 51.6 Å². The highest BCUT2D eigenvalue weighted by Gasteiger charge is 2.64. The number of benzene rings is 1. The number of thioether (sulfide) groups is 1. The first kappa shape index (κ1) is 41.3. The Bertz CT molecular complexity index is 2120. The van der Waals surface area contributed by atoms with Gasteiger partial charge >= 0.3 is 17.9 Å². The molecule has 2 N–H and O–H groups in total. The van der Waals surface area contributed by atoms with E-state index in [0.29, 0.717) is 28.0 Å². The summed E-state index contributed by atoms with van der Waals surface area (Å²) in [6.07, 6.45) is 4.20. The highest BCUT2D eigenvalue weighted by atomic mass is 32.2. The zero-order chi connectivity index (χ0) is 39.9. The molecule has 15 nitrogen and oxygen atoms in total. The zero-order valence-electron chi connectivity index (χ0n) is 30.3. The molecule has 1 saturated heterocycles. The van der Waals surface area contributed by atoms with Gasteiger partial charge in [0.25, 0.3) is 0 Å². The number of aromatic nitrogens is 1. The minimum Gasteiger partial charge on any atom is -0.448 e. The van der Waals surface area contributed by atoms with Crippen LogP contribution in [0.15, 0.2) is 79.2 Å². The number of thiazole rings is 1. The number of ketones is 1. The topological polar surface area (TPSA) is 213 Å². The Kier molecular flexibility index (Phi) is 13.3. The van der Waals surface area contributed by atoms with Crippen molar-refractivity contribution in [2.45, 2.75) is 81.8 Å². The standard InChI is InChI=1S/C37H39N3O12S3/c1-22-14-15-37(36(4,47)33(44)54-21-29-24(3)50-35(46)52-29)17-30(42)40(55(37)48)23(2)32-39-26(20-53-32)12-8-9-13-27(41)28(16-22)51-31(43)18-38-34(45)49-19-25-10-6-5-7-11-25/h5-13,16,20,23,28,47H,14-15,17-19,21H2,1-4H3,(H,38,45)/b12-8-,13-9-,22-16-. The summed E-state index contributed by atoms with van der Waals surface area (Å²) in [7, 11) is -2.29. The molecule has 5 atom stereocenters. The molecule has 0 aliphatic carbocycles. The van der Waals surface area contributed by atoms with Crippen LogP contribution < -0.4 is 11.1 Å².